The van der Waals surface area contributed by atoms with Gasteiger partial charge in [-0.25, -0.2) is 13.1 Å². The maximum absolute atomic E-state index is 10.8. The molecule has 0 spiro atoms. The Labute approximate surface area is 126 Å². The fraction of sp³-hybridized carbons (Fsp3) is 0.900. The molecular formula is C10H23IN4O2S. The Balaban J connectivity index is 0.00000289. The van der Waals surface area contributed by atoms with E-state index in [0.29, 0.717) is 25.5 Å². The number of nitrogens with zero attached hydrogens (tertiary/aromatic N) is 2. The first kappa shape index (κ1) is 17.9. The number of piperidine rings is 1. The molecular weight excluding hydrogens is 367 g/mol. The summed E-state index contributed by atoms with van der Waals surface area (Å²) in [4.78, 5) is 6.34. The van der Waals surface area contributed by atoms with E-state index in [4.69, 9.17) is 5.73 Å². The molecule has 6 nitrogen and oxygen atoms in total. The summed E-state index contributed by atoms with van der Waals surface area (Å²) in [5, 5.41) is 0. The van der Waals surface area contributed by atoms with Crippen molar-refractivity contribution in [1.82, 2.24) is 9.62 Å². The van der Waals surface area contributed by atoms with Gasteiger partial charge in [-0.1, -0.05) is 0 Å². The van der Waals surface area contributed by atoms with Crippen molar-refractivity contribution in [2.45, 2.75) is 25.7 Å². The minimum absolute atomic E-state index is 0. The lowest BCUT2D eigenvalue weighted by Gasteiger charge is -2.27. The van der Waals surface area contributed by atoms with Gasteiger partial charge in [-0.15, -0.1) is 24.0 Å². The van der Waals surface area contributed by atoms with Gasteiger partial charge in [0, 0.05) is 26.2 Å². The summed E-state index contributed by atoms with van der Waals surface area (Å²) in [6.45, 7) is 2.94. The number of aliphatic imine (C=N–C) groups is 1. The van der Waals surface area contributed by atoms with Crippen molar-refractivity contribution in [2.24, 2.45) is 10.7 Å². The van der Waals surface area contributed by atoms with Gasteiger partial charge in [-0.05, 0) is 25.7 Å². The third-order valence-corrected chi connectivity index (χ3v) is 3.38. The molecule has 18 heavy (non-hydrogen) atoms. The van der Waals surface area contributed by atoms with Crippen LogP contribution in [0.15, 0.2) is 4.99 Å². The van der Waals surface area contributed by atoms with Crippen molar-refractivity contribution in [2.75, 3.05) is 32.4 Å². The van der Waals surface area contributed by atoms with Crippen LogP contribution in [0.3, 0.4) is 0 Å². The maximum Gasteiger partial charge on any atom is 0.208 e. The minimum atomic E-state index is -3.09. The molecule has 0 unspecified atom stereocenters. The van der Waals surface area contributed by atoms with E-state index in [1.54, 1.807) is 0 Å². The average Bonchev–Trinajstić information content (AvgIpc) is 2.28. The van der Waals surface area contributed by atoms with Crippen LogP contribution >= 0.6 is 24.0 Å². The Morgan fingerprint density at radius 3 is 2.50 bits per heavy atom. The van der Waals surface area contributed by atoms with Crippen LogP contribution in [0.4, 0.5) is 0 Å². The van der Waals surface area contributed by atoms with E-state index in [-0.39, 0.29) is 24.0 Å². The number of sulfonamides is 1. The highest BCUT2D eigenvalue weighted by atomic mass is 127. The van der Waals surface area contributed by atoms with Gasteiger partial charge < -0.3 is 10.6 Å². The van der Waals surface area contributed by atoms with Crippen molar-refractivity contribution in [1.29, 1.82) is 0 Å². The normalized spacial score (nSPS) is 17.4. The number of hydrogen-bond acceptors (Lipinski definition) is 3. The number of nitrogens with two attached hydrogens (primary N) is 1. The molecule has 1 saturated heterocycles. The smallest absolute Gasteiger partial charge is 0.208 e. The molecule has 0 amide bonds. The van der Waals surface area contributed by atoms with E-state index in [2.05, 4.69) is 14.6 Å². The van der Waals surface area contributed by atoms with Crippen molar-refractivity contribution >= 4 is 40.0 Å². The molecule has 1 rings (SSSR count). The summed E-state index contributed by atoms with van der Waals surface area (Å²) in [6, 6.07) is 0. The second-order valence-corrected chi connectivity index (χ2v) is 6.14. The number of likely N-dealkylation sites (tertiary alicyclic amines) is 1. The highest BCUT2D eigenvalue weighted by Gasteiger charge is 2.11. The van der Waals surface area contributed by atoms with Crippen LogP contribution in [0.1, 0.15) is 25.7 Å². The predicted octanol–water partition coefficient (Wildman–Crippen LogP) is 0.344. The Bertz CT molecular complexity index is 353. The van der Waals surface area contributed by atoms with E-state index < -0.39 is 10.0 Å². The highest BCUT2D eigenvalue weighted by molar-refractivity contribution is 14.0. The van der Waals surface area contributed by atoms with E-state index in [1.807, 2.05) is 0 Å². The molecule has 0 aromatic carbocycles. The summed E-state index contributed by atoms with van der Waals surface area (Å²) < 4.78 is 24.0. The van der Waals surface area contributed by atoms with Crippen LogP contribution in [0.2, 0.25) is 0 Å². The van der Waals surface area contributed by atoms with Gasteiger partial charge in [0.05, 0.1) is 6.26 Å². The molecule has 1 aliphatic heterocycles. The molecule has 0 aromatic rings. The number of hydrogen-bond donors (Lipinski definition) is 2. The molecule has 108 valence electrons. The fourth-order valence-electron chi connectivity index (χ4n) is 1.75. The van der Waals surface area contributed by atoms with Crippen molar-refractivity contribution < 1.29 is 8.42 Å². The van der Waals surface area contributed by atoms with Crippen LogP contribution in [0.25, 0.3) is 0 Å². The van der Waals surface area contributed by atoms with E-state index in [1.165, 1.54) is 19.3 Å². The Morgan fingerprint density at radius 1 is 1.33 bits per heavy atom. The fourth-order valence-corrected chi connectivity index (χ4v) is 2.27. The zero-order valence-electron chi connectivity index (χ0n) is 10.8. The first-order chi connectivity index (χ1) is 7.99. The Kier molecular flexibility index (Phi) is 8.87. The lowest BCUT2D eigenvalue weighted by molar-refractivity contribution is 0.338. The molecule has 0 aliphatic carbocycles. The van der Waals surface area contributed by atoms with Crippen molar-refractivity contribution in [3.05, 3.63) is 0 Å². The molecule has 0 bridgehead atoms. The average molecular weight is 390 g/mol. The molecule has 8 heteroatoms. The zero-order chi connectivity index (χ0) is 12.7. The number of nitrogens with one attached hydrogen (secondary N) is 1. The molecule has 0 atom stereocenters. The summed E-state index contributed by atoms with van der Waals surface area (Å²) in [5.41, 5.74) is 5.85. The second-order valence-electron chi connectivity index (χ2n) is 4.31. The number of halogens is 1. The lowest BCUT2D eigenvalue weighted by Crippen LogP contribution is -2.41. The SMILES string of the molecule is CS(=O)(=O)NCCCN=C(N)N1CCCCC1.I. The second kappa shape index (κ2) is 8.92. The third-order valence-electron chi connectivity index (χ3n) is 2.65. The van der Waals surface area contributed by atoms with E-state index >= 15 is 0 Å². The number of guanidine groups is 1. The van der Waals surface area contributed by atoms with Gasteiger partial charge >= 0.3 is 0 Å². The van der Waals surface area contributed by atoms with Gasteiger partial charge in [-0.2, -0.15) is 0 Å². The monoisotopic (exact) mass is 390 g/mol. The van der Waals surface area contributed by atoms with Gasteiger partial charge in [0.1, 0.15) is 0 Å². The van der Waals surface area contributed by atoms with Crippen molar-refractivity contribution in [3.63, 3.8) is 0 Å². The van der Waals surface area contributed by atoms with Crippen LogP contribution in [-0.4, -0.2) is 51.7 Å². The van der Waals surface area contributed by atoms with Gasteiger partial charge in [-0.3, -0.25) is 4.99 Å². The largest absolute Gasteiger partial charge is 0.370 e. The van der Waals surface area contributed by atoms with Crippen LogP contribution in [0, 0.1) is 0 Å². The predicted molar refractivity (Wildman–Crippen MR) is 84.8 cm³/mol. The zero-order valence-corrected chi connectivity index (χ0v) is 13.9. The van der Waals surface area contributed by atoms with E-state index in [9.17, 15) is 8.42 Å². The van der Waals surface area contributed by atoms with Crippen molar-refractivity contribution in [3.8, 4) is 0 Å². The van der Waals surface area contributed by atoms with Gasteiger partial charge in [0.2, 0.25) is 10.0 Å². The Hall–Kier alpha value is -0.0900. The Morgan fingerprint density at radius 2 is 1.94 bits per heavy atom. The first-order valence-electron chi connectivity index (χ1n) is 5.98. The molecule has 3 N–H and O–H groups in total. The minimum Gasteiger partial charge on any atom is -0.370 e. The number of rotatable bonds is 5. The molecule has 1 fully saturated rings. The van der Waals surface area contributed by atoms with Gasteiger partial charge in [0.15, 0.2) is 5.96 Å². The van der Waals surface area contributed by atoms with Crippen LogP contribution in [0.5, 0.6) is 0 Å². The quantitative estimate of drug-likeness (QED) is 0.307. The molecule has 0 saturated carbocycles. The summed E-state index contributed by atoms with van der Waals surface area (Å²) in [5.74, 6) is 0.587. The summed E-state index contributed by atoms with van der Waals surface area (Å²) in [6.07, 6.45) is 5.43. The summed E-state index contributed by atoms with van der Waals surface area (Å²) in [7, 11) is -3.09. The van der Waals surface area contributed by atoms with Crippen LogP contribution < -0.4 is 10.5 Å². The topological polar surface area (TPSA) is 87.8 Å². The molecule has 0 radical (unpaired) electrons. The first-order valence-corrected chi connectivity index (χ1v) is 7.88. The van der Waals surface area contributed by atoms with E-state index in [0.717, 1.165) is 19.3 Å². The molecule has 0 aromatic heterocycles. The third kappa shape index (κ3) is 8.09. The standard InChI is InChI=1S/C10H22N4O2S.HI/c1-17(15,16)13-7-5-6-12-10(11)14-8-3-2-4-9-14;/h13H,2-9H2,1H3,(H2,11,12);1H. The molecule has 1 heterocycles. The molecule has 1 aliphatic rings. The summed E-state index contributed by atoms with van der Waals surface area (Å²) >= 11 is 0. The highest BCUT2D eigenvalue weighted by Crippen LogP contribution is 2.07. The van der Waals surface area contributed by atoms with Crippen LogP contribution in [-0.2, 0) is 10.0 Å². The lowest BCUT2D eigenvalue weighted by atomic mass is 10.1. The van der Waals surface area contributed by atoms with Gasteiger partial charge in [0.25, 0.3) is 0 Å². The maximum atomic E-state index is 10.8.